The lowest BCUT2D eigenvalue weighted by molar-refractivity contribution is -0.137. The third kappa shape index (κ3) is 3.31. The number of halogens is 3. The van der Waals surface area contributed by atoms with Gasteiger partial charge in [-0.2, -0.15) is 18.4 Å². The van der Waals surface area contributed by atoms with Gasteiger partial charge in [0, 0.05) is 11.3 Å². The molecule has 0 saturated carbocycles. The Morgan fingerprint density at radius 1 is 0.920 bits per heavy atom. The van der Waals surface area contributed by atoms with Gasteiger partial charge in [-0.05, 0) is 29.3 Å². The van der Waals surface area contributed by atoms with Crippen molar-refractivity contribution in [2.24, 2.45) is 0 Å². The van der Waals surface area contributed by atoms with Crippen LogP contribution in [0.2, 0.25) is 0 Å². The van der Waals surface area contributed by atoms with Crippen molar-refractivity contribution in [3.63, 3.8) is 0 Å². The van der Waals surface area contributed by atoms with E-state index in [4.69, 9.17) is 0 Å². The summed E-state index contributed by atoms with van der Waals surface area (Å²) in [7, 11) is 0. The van der Waals surface area contributed by atoms with Crippen molar-refractivity contribution in [2.75, 3.05) is 0 Å². The van der Waals surface area contributed by atoms with Crippen LogP contribution in [-0.4, -0.2) is 4.98 Å². The highest BCUT2D eigenvalue weighted by atomic mass is 19.4. The molecule has 0 amide bonds. The van der Waals surface area contributed by atoms with Crippen molar-refractivity contribution in [3.8, 4) is 28.5 Å². The molecule has 0 aliphatic heterocycles. The highest BCUT2D eigenvalue weighted by Gasteiger charge is 2.30. The number of H-pyrrole nitrogens is 1. The van der Waals surface area contributed by atoms with E-state index in [9.17, 15) is 23.2 Å². The molecule has 0 aliphatic carbocycles. The smallest absolute Gasteiger partial charge is 0.321 e. The number of nitriles is 1. The zero-order valence-corrected chi connectivity index (χ0v) is 12.8. The van der Waals surface area contributed by atoms with Crippen molar-refractivity contribution in [3.05, 3.63) is 82.1 Å². The molecule has 0 fully saturated rings. The van der Waals surface area contributed by atoms with E-state index in [0.717, 1.165) is 12.1 Å². The second-order valence-corrected chi connectivity index (χ2v) is 5.36. The highest BCUT2D eigenvalue weighted by Crippen LogP contribution is 2.33. The number of hydrogen-bond donors (Lipinski definition) is 1. The van der Waals surface area contributed by atoms with Gasteiger partial charge in [0.15, 0.2) is 0 Å². The first kappa shape index (κ1) is 16.5. The van der Waals surface area contributed by atoms with Gasteiger partial charge in [0.2, 0.25) is 0 Å². The maximum absolute atomic E-state index is 13.0. The molecule has 0 atom stereocenters. The maximum Gasteiger partial charge on any atom is 0.416 e. The van der Waals surface area contributed by atoms with Crippen molar-refractivity contribution in [1.29, 1.82) is 5.26 Å². The Bertz CT molecular complexity index is 1020. The summed E-state index contributed by atoms with van der Waals surface area (Å²) in [5.41, 5.74) is -0.258. The molecule has 0 bridgehead atoms. The van der Waals surface area contributed by atoms with Crippen LogP contribution in [0.4, 0.5) is 13.2 Å². The zero-order chi connectivity index (χ0) is 18.0. The lowest BCUT2D eigenvalue weighted by Crippen LogP contribution is -2.13. The first-order valence-electron chi connectivity index (χ1n) is 7.30. The van der Waals surface area contributed by atoms with Crippen LogP contribution in [0.15, 0.2) is 65.5 Å². The molecule has 1 heterocycles. The van der Waals surface area contributed by atoms with Crippen LogP contribution in [0.5, 0.6) is 0 Å². The first-order valence-corrected chi connectivity index (χ1v) is 7.30. The van der Waals surface area contributed by atoms with Gasteiger partial charge in [-0.25, -0.2) is 0 Å². The molecule has 3 aromatic rings. The molecule has 0 unspecified atom stereocenters. The average Bonchev–Trinajstić information content (AvgIpc) is 2.61. The van der Waals surface area contributed by atoms with Crippen LogP contribution >= 0.6 is 0 Å². The number of benzene rings is 2. The second-order valence-electron chi connectivity index (χ2n) is 5.36. The van der Waals surface area contributed by atoms with Crippen LogP contribution < -0.4 is 5.56 Å². The van der Waals surface area contributed by atoms with Crippen LogP contribution in [0.3, 0.4) is 0 Å². The third-order valence-electron chi connectivity index (χ3n) is 3.73. The van der Waals surface area contributed by atoms with E-state index in [-0.39, 0.29) is 16.7 Å². The Balaban J connectivity index is 2.24. The highest BCUT2D eigenvalue weighted by molar-refractivity contribution is 5.75. The van der Waals surface area contributed by atoms with E-state index < -0.39 is 17.3 Å². The number of aromatic amines is 1. The Hall–Kier alpha value is -3.33. The Morgan fingerprint density at radius 2 is 1.60 bits per heavy atom. The molecular weight excluding hydrogens is 329 g/mol. The largest absolute Gasteiger partial charge is 0.416 e. The number of hydrogen-bond acceptors (Lipinski definition) is 2. The van der Waals surface area contributed by atoms with Crippen LogP contribution in [-0.2, 0) is 6.18 Å². The predicted molar refractivity (Wildman–Crippen MR) is 87.7 cm³/mol. The van der Waals surface area contributed by atoms with Crippen molar-refractivity contribution < 1.29 is 13.2 Å². The van der Waals surface area contributed by atoms with Gasteiger partial charge in [0.1, 0.15) is 11.6 Å². The summed E-state index contributed by atoms with van der Waals surface area (Å²) in [5.74, 6) is 0. The number of alkyl halides is 3. The summed E-state index contributed by atoms with van der Waals surface area (Å²) in [5, 5.41) is 9.26. The lowest BCUT2D eigenvalue weighted by atomic mass is 9.97. The Kier molecular flexibility index (Phi) is 4.15. The van der Waals surface area contributed by atoms with E-state index in [1.165, 1.54) is 18.2 Å². The van der Waals surface area contributed by atoms with E-state index in [2.05, 4.69) is 4.98 Å². The van der Waals surface area contributed by atoms with Gasteiger partial charge in [-0.1, -0.05) is 42.5 Å². The fourth-order valence-electron chi connectivity index (χ4n) is 2.53. The average molecular weight is 340 g/mol. The summed E-state index contributed by atoms with van der Waals surface area (Å²) in [6.07, 6.45) is -4.51. The number of nitrogens with zero attached hydrogens (tertiary/aromatic N) is 1. The number of pyridine rings is 1. The zero-order valence-electron chi connectivity index (χ0n) is 12.8. The lowest BCUT2D eigenvalue weighted by Gasteiger charge is -2.11. The minimum Gasteiger partial charge on any atom is -0.321 e. The molecule has 3 rings (SSSR count). The normalized spacial score (nSPS) is 11.1. The summed E-state index contributed by atoms with van der Waals surface area (Å²) in [6.45, 7) is 0. The fourth-order valence-corrected chi connectivity index (χ4v) is 2.53. The predicted octanol–water partition coefficient (Wildman–Crippen LogP) is 4.60. The van der Waals surface area contributed by atoms with Gasteiger partial charge < -0.3 is 4.98 Å². The molecule has 0 radical (unpaired) electrons. The van der Waals surface area contributed by atoms with Gasteiger partial charge >= 0.3 is 6.18 Å². The molecule has 2 aromatic carbocycles. The van der Waals surface area contributed by atoms with Crippen LogP contribution in [0.25, 0.3) is 22.4 Å². The Labute approximate surface area is 141 Å². The minimum atomic E-state index is -4.51. The molecule has 1 N–H and O–H groups in total. The fraction of sp³-hybridized carbons (Fsp3) is 0.0526. The Morgan fingerprint density at radius 3 is 2.24 bits per heavy atom. The van der Waals surface area contributed by atoms with E-state index in [0.29, 0.717) is 11.3 Å². The summed E-state index contributed by atoms with van der Waals surface area (Å²) >= 11 is 0. The molecule has 1 aromatic heterocycles. The molecule has 25 heavy (non-hydrogen) atoms. The number of rotatable bonds is 2. The number of aromatic nitrogens is 1. The van der Waals surface area contributed by atoms with E-state index in [1.54, 1.807) is 36.4 Å². The van der Waals surface area contributed by atoms with Gasteiger partial charge in [0.05, 0.1) is 5.56 Å². The van der Waals surface area contributed by atoms with E-state index >= 15 is 0 Å². The van der Waals surface area contributed by atoms with Crippen LogP contribution in [0.1, 0.15) is 11.1 Å². The van der Waals surface area contributed by atoms with Crippen molar-refractivity contribution >= 4 is 0 Å². The van der Waals surface area contributed by atoms with Crippen molar-refractivity contribution in [2.45, 2.75) is 6.18 Å². The molecule has 0 spiro atoms. The van der Waals surface area contributed by atoms with Gasteiger partial charge in [-0.3, -0.25) is 4.79 Å². The molecular formula is C19H11F3N2O. The van der Waals surface area contributed by atoms with Crippen molar-refractivity contribution in [1.82, 2.24) is 4.98 Å². The quantitative estimate of drug-likeness (QED) is 0.741. The monoisotopic (exact) mass is 340 g/mol. The molecule has 6 heteroatoms. The molecule has 3 nitrogen and oxygen atoms in total. The molecule has 124 valence electrons. The topological polar surface area (TPSA) is 56.6 Å². The SMILES string of the molecule is N#Cc1c(-c2cccc(C(F)(F)F)c2)cc(-c2ccccc2)[nH]c1=O. The second kappa shape index (κ2) is 6.29. The van der Waals surface area contributed by atoms with Gasteiger partial charge in [0.25, 0.3) is 5.56 Å². The van der Waals surface area contributed by atoms with Crippen LogP contribution in [0, 0.1) is 11.3 Å². The molecule has 0 saturated heterocycles. The summed E-state index contributed by atoms with van der Waals surface area (Å²) in [4.78, 5) is 14.8. The van der Waals surface area contributed by atoms with Gasteiger partial charge in [-0.15, -0.1) is 0 Å². The molecule has 0 aliphatic rings. The van der Waals surface area contributed by atoms with E-state index in [1.807, 2.05) is 0 Å². The number of nitrogens with one attached hydrogen (secondary N) is 1. The standard InChI is InChI=1S/C19H11F3N2O/c20-19(21,22)14-8-4-7-13(9-14)15-10-17(12-5-2-1-3-6-12)24-18(25)16(15)11-23/h1-10H,(H,24,25). The maximum atomic E-state index is 13.0. The first-order chi connectivity index (χ1) is 11.9. The summed E-state index contributed by atoms with van der Waals surface area (Å²) < 4.78 is 38.9. The minimum absolute atomic E-state index is 0.162. The summed E-state index contributed by atoms with van der Waals surface area (Å²) in [6, 6.07) is 16.7. The third-order valence-corrected chi connectivity index (χ3v) is 3.73.